The first kappa shape index (κ1) is 14.6. The molecule has 0 saturated carbocycles. The van der Waals surface area contributed by atoms with E-state index in [0.29, 0.717) is 12.3 Å². The van der Waals surface area contributed by atoms with E-state index in [1.54, 1.807) is 12.5 Å². The Morgan fingerprint density at radius 2 is 2.35 bits per heavy atom. The van der Waals surface area contributed by atoms with Crippen molar-refractivity contribution in [3.8, 4) is 0 Å². The summed E-state index contributed by atoms with van der Waals surface area (Å²) < 4.78 is 5.06. The fourth-order valence-electron chi connectivity index (χ4n) is 1.70. The van der Waals surface area contributed by atoms with Crippen molar-refractivity contribution in [1.29, 1.82) is 0 Å². The van der Waals surface area contributed by atoms with E-state index in [2.05, 4.69) is 10.3 Å². The summed E-state index contributed by atoms with van der Waals surface area (Å²) in [5.41, 5.74) is 7.85. The van der Waals surface area contributed by atoms with Crippen molar-refractivity contribution in [3.63, 3.8) is 0 Å². The molecular formula is C14H17N3O2S. The number of nitrogens with two attached hydrogens (primary N) is 1. The average Bonchev–Trinajstić information content (AvgIpc) is 2.89. The second-order valence-electron chi connectivity index (χ2n) is 4.45. The van der Waals surface area contributed by atoms with Gasteiger partial charge in [0.25, 0.3) is 5.91 Å². The number of carbonyl (C=O) groups excluding carboxylic acids is 1. The lowest BCUT2D eigenvalue weighted by atomic mass is 10.2. The molecule has 20 heavy (non-hydrogen) atoms. The van der Waals surface area contributed by atoms with Gasteiger partial charge in [0, 0.05) is 18.2 Å². The molecule has 2 aromatic rings. The third-order valence-electron chi connectivity index (χ3n) is 2.64. The Hall–Kier alpha value is -1.76. The third kappa shape index (κ3) is 3.63. The first-order valence-electron chi connectivity index (χ1n) is 6.20. The van der Waals surface area contributed by atoms with Crippen LogP contribution in [0, 0.1) is 0 Å². The van der Waals surface area contributed by atoms with E-state index < -0.39 is 0 Å². The Labute approximate surface area is 121 Å². The highest BCUT2D eigenvalue weighted by Gasteiger charge is 2.13. The number of nitrogens with one attached hydrogen (secondary N) is 1. The lowest BCUT2D eigenvalue weighted by molar-refractivity contribution is 0.102. The Morgan fingerprint density at radius 3 is 3.00 bits per heavy atom. The van der Waals surface area contributed by atoms with E-state index >= 15 is 0 Å². The van der Waals surface area contributed by atoms with Crippen LogP contribution in [0.25, 0.3) is 0 Å². The molecule has 0 aliphatic rings. The Bertz CT molecular complexity index is 596. The van der Waals surface area contributed by atoms with E-state index in [1.807, 2.05) is 31.2 Å². The van der Waals surface area contributed by atoms with Gasteiger partial charge in [-0.1, -0.05) is 12.1 Å². The van der Waals surface area contributed by atoms with Crippen molar-refractivity contribution in [2.45, 2.75) is 19.6 Å². The fraction of sp³-hybridized carbons (Fsp3) is 0.286. The van der Waals surface area contributed by atoms with Gasteiger partial charge < -0.3 is 15.8 Å². The number of methoxy groups -OCH3 is 1. The lowest BCUT2D eigenvalue weighted by Crippen LogP contribution is -2.13. The van der Waals surface area contributed by atoms with Gasteiger partial charge >= 0.3 is 0 Å². The van der Waals surface area contributed by atoms with Crippen molar-refractivity contribution in [2.24, 2.45) is 5.73 Å². The predicted molar refractivity (Wildman–Crippen MR) is 79.8 cm³/mol. The van der Waals surface area contributed by atoms with Gasteiger partial charge in [-0.3, -0.25) is 4.79 Å². The summed E-state index contributed by atoms with van der Waals surface area (Å²) >= 11 is 1.39. The Morgan fingerprint density at radius 1 is 1.55 bits per heavy atom. The van der Waals surface area contributed by atoms with Gasteiger partial charge in [0.2, 0.25) is 0 Å². The van der Waals surface area contributed by atoms with Crippen LogP contribution >= 0.6 is 11.3 Å². The highest BCUT2D eigenvalue weighted by atomic mass is 32.1. The molecule has 1 aromatic carbocycles. The van der Waals surface area contributed by atoms with E-state index in [0.717, 1.165) is 16.3 Å². The number of hydrogen-bond donors (Lipinski definition) is 2. The number of thiazole rings is 1. The minimum atomic E-state index is -0.234. The number of anilines is 1. The number of benzene rings is 1. The number of aromatic nitrogens is 1. The topological polar surface area (TPSA) is 77.2 Å². The summed E-state index contributed by atoms with van der Waals surface area (Å²) in [6, 6.07) is 7.36. The molecule has 1 aromatic heterocycles. The molecule has 0 fully saturated rings. The largest absolute Gasteiger partial charge is 0.380 e. The molecule has 106 valence electrons. The van der Waals surface area contributed by atoms with Crippen LogP contribution in [0.15, 0.2) is 29.6 Å². The molecule has 1 atom stereocenters. The van der Waals surface area contributed by atoms with Crippen LogP contribution in [0.3, 0.4) is 0 Å². The third-order valence-corrected chi connectivity index (χ3v) is 3.69. The van der Waals surface area contributed by atoms with Crippen molar-refractivity contribution in [3.05, 3.63) is 45.9 Å². The van der Waals surface area contributed by atoms with Gasteiger partial charge in [0.05, 0.1) is 12.6 Å². The normalized spacial score (nSPS) is 12.2. The molecule has 0 aliphatic heterocycles. The first-order valence-corrected chi connectivity index (χ1v) is 7.08. The molecule has 3 N–H and O–H groups in total. The molecule has 0 saturated heterocycles. The number of nitrogens with zero attached hydrogens (tertiary/aromatic N) is 1. The first-order chi connectivity index (χ1) is 9.60. The minimum absolute atomic E-state index is 0.161. The van der Waals surface area contributed by atoms with Crippen LogP contribution in [-0.4, -0.2) is 18.0 Å². The van der Waals surface area contributed by atoms with E-state index in [-0.39, 0.29) is 11.9 Å². The summed E-state index contributed by atoms with van der Waals surface area (Å²) in [6.07, 6.45) is 0. The molecule has 0 spiro atoms. The Balaban J connectivity index is 2.08. The smallest absolute Gasteiger partial charge is 0.275 e. The van der Waals surface area contributed by atoms with Crippen LogP contribution in [0.1, 0.15) is 34.0 Å². The van der Waals surface area contributed by atoms with Gasteiger partial charge in [-0.05, 0) is 24.6 Å². The number of amides is 1. The maximum absolute atomic E-state index is 12.1. The van der Waals surface area contributed by atoms with Crippen LogP contribution in [0.2, 0.25) is 0 Å². The van der Waals surface area contributed by atoms with Crippen LogP contribution in [0.5, 0.6) is 0 Å². The lowest BCUT2D eigenvalue weighted by Gasteiger charge is -2.06. The van der Waals surface area contributed by atoms with Crippen molar-refractivity contribution in [2.75, 3.05) is 12.4 Å². The minimum Gasteiger partial charge on any atom is -0.380 e. The SMILES string of the molecule is COCc1cccc(NC(=O)c2csc(C(C)N)n2)c1. The van der Waals surface area contributed by atoms with Gasteiger partial charge in [0.15, 0.2) is 0 Å². The van der Waals surface area contributed by atoms with E-state index in [9.17, 15) is 4.79 Å². The maximum atomic E-state index is 12.1. The number of carbonyl (C=O) groups is 1. The van der Waals surface area contributed by atoms with Gasteiger partial charge in [-0.25, -0.2) is 4.98 Å². The monoisotopic (exact) mass is 291 g/mol. The predicted octanol–water partition coefficient (Wildman–Crippen LogP) is 2.56. The van der Waals surface area contributed by atoms with Crippen molar-refractivity contribution < 1.29 is 9.53 Å². The zero-order valence-electron chi connectivity index (χ0n) is 11.4. The van der Waals surface area contributed by atoms with Gasteiger partial charge in [-0.15, -0.1) is 11.3 Å². The van der Waals surface area contributed by atoms with Crippen molar-refractivity contribution in [1.82, 2.24) is 4.98 Å². The van der Waals surface area contributed by atoms with E-state index in [4.69, 9.17) is 10.5 Å². The number of hydrogen-bond acceptors (Lipinski definition) is 5. The molecule has 2 rings (SSSR count). The summed E-state index contributed by atoms with van der Waals surface area (Å²) in [5, 5.41) is 5.29. The molecular weight excluding hydrogens is 274 g/mol. The molecule has 0 aliphatic carbocycles. The van der Waals surface area contributed by atoms with Crippen LogP contribution in [-0.2, 0) is 11.3 Å². The second kappa shape index (κ2) is 6.60. The quantitative estimate of drug-likeness (QED) is 0.887. The number of ether oxygens (including phenoxy) is 1. The van der Waals surface area contributed by atoms with Gasteiger partial charge in [0.1, 0.15) is 10.7 Å². The second-order valence-corrected chi connectivity index (χ2v) is 5.34. The zero-order valence-corrected chi connectivity index (χ0v) is 12.2. The molecule has 1 unspecified atom stereocenters. The molecule has 0 radical (unpaired) electrons. The molecule has 6 heteroatoms. The highest BCUT2D eigenvalue weighted by Crippen LogP contribution is 2.17. The summed E-state index contributed by atoms with van der Waals surface area (Å²) in [6.45, 7) is 2.35. The molecule has 0 bridgehead atoms. The fourth-order valence-corrected chi connectivity index (χ4v) is 2.46. The van der Waals surface area contributed by atoms with Crippen LogP contribution in [0.4, 0.5) is 5.69 Å². The van der Waals surface area contributed by atoms with Gasteiger partial charge in [-0.2, -0.15) is 0 Å². The van der Waals surface area contributed by atoms with Crippen LogP contribution < -0.4 is 11.1 Å². The zero-order chi connectivity index (χ0) is 14.5. The standard InChI is InChI=1S/C14H17N3O2S/c1-9(15)14-17-12(8-20-14)13(18)16-11-5-3-4-10(6-11)7-19-2/h3-6,8-9H,7,15H2,1-2H3,(H,16,18). The molecule has 1 heterocycles. The summed E-state index contributed by atoms with van der Waals surface area (Å²) in [4.78, 5) is 16.3. The van der Waals surface area contributed by atoms with E-state index in [1.165, 1.54) is 11.3 Å². The molecule has 1 amide bonds. The number of rotatable bonds is 5. The highest BCUT2D eigenvalue weighted by molar-refractivity contribution is 7.09. The Kier molecular flexibility index (Phi) is 4.84. The summed E-state index contributed by atoms with van der Waals surface area (Å²) in [7, 11) is 1.63. The maximum Gasteiger partial charge on any atom is 0.275 e. The van der Waals surface area contributed by atoms with Crippen molar-refractivity contribution >= 4 is 22.9 Å². The summed E-state index contributed by atoms with van der Waals surface area (Å²) in [5.74, 6) is -0.234. The molecule has 5 nitrogen and oxygen atoms in total. The average molecular weight is 291 g/mol.